The van der Waals surface area contributed by atoms with E-state index in [2.05, 4.69) is 31.3 Å². The van der Waals surface area contributed by atoms with E-state index in [-0.39, 0.29) is 75.8 Å². The molecule has 0 spiro atoms. The van der Waals surface area contributed by atoms with Gasteiger partial charge in [0.1, 0.15) is 35.5 Å². The molecule has 1 aliphatic heterocycles. The molecule has 20 heteroatoms. The van der Waals surface area contributed by atoms with Crippen molar-refractivity contribution < 1.29 is 39.0 Å². The lowest BCUT2D eigenvalue weighted by molar-refractivity contribution is -0.150. The Morgan fingerprint density at radius 1 is 0.831 bits per heavy atom. The molecule has 0 aromatic heterocycles. The number of carbonyl (C=O) groups excluding carboxylic acids is 5. The second-order valence-corrected chi connectivity index (χ2v) is 15.5. The summed E-state index contributed by atoms with van der Waals surface area (Å²) >= 11 is 0. The van der Waals surface area contributed by atoms with Crippen LogP contribution >= 0.6 is 0 Å². The number of carboxylic acid groups (broad SMARTS) is 1. The van der Waals surface area contributed by atoms with Crippen LogP contribution in [0.5, 0.6) is 5.75 Å². The Hall–Kier alpha value is -5.66. The highest BCUT2D eigenvalue weighted by Gasteiger charge is 2.44. The molecule has 1 saturated heterocycles. The van der Waals surface area contributed by atoms with Crippen molar-refractivity contribution in [3.63, 3.8) is 0 Å². The number of carboxylic acids is 1. The number of aliphatic carboxylic acids is 1. The van der Waals surface area contributed by atoms with E-state index in [0.717, 1.165) is 6.42 Å². The predicted octanol–water partition coefficient (Wildman–Crippen LogP) is -1.24. The third-order valence-electron chi connectivity index (χ3n) is 11.0. The van der Waals surface area contributed by atoms with Crippen LogP contribution in [0.2, 0.25) is 0 Å². The third kappa shape index (κ3) is 14.6. The van der Waals surface area contributed by atoms with Crippen molar-refractivity contribution in [2.24, 2.45) is 44.6 Å². The Kier molecular flexibility index (Phi) is 18.7. The number of rotatable bonds is 22. The lowest BCUT2D eigenvalue weighted by Gasteiger charge is -2.36. The van der Waals surface area contributed by atoms with Crippen LogP contribution in [0, 0.1) is 5.92 Å². The van der Waals surface area contributed by atoms with E-state index in [1.807, 2.05) is 6.92 Å². The van der Waals surface area contributed by atoms with Gasteiger partial charge in [-0.15, -0.1) is 0 Å². The average Bonchev–Trinajstić information content (AvgIpc) is 3.70. The third-order valence-corrected chi connectivity index (χ3v) is 11.0. The molecule has 1 heterocycles. The second kappa shape index (κ2) is 23.1. The molecule has 1 aromatic carbocycles. The van der Waals surface area contributed by atoms with Crippen molar-refractivity contribution in [1.29, 1.82) is 0 Å². The van der Waals surface area contributed by atoms with Gasteiger partial charge in [0.15, 0.2) is 11.9 Å². The minimum atomic E-state index is -1.45. The Labute approximate surface area is 344 Å². The number of guanidine groups is 2. The number of aliphatic imine (C=N–C) groups is 2. The highest BCUT2D eigenvalue weighted by molar-refractivity contribution is 5.97. The molecular formula is C39H64N12O8. The smallest absolute Gasteiger partial charge is 0.329 e. The Balaban J connectivity index is 1.84. The van der Waals surface area contributed by atoms with Crippen LogP contribution in [-0.4, -0.2) is 118 Å². The molecule has 0 bridgehead atoms. The number of aromatic hydroxyl groups is 1. The van der Waals surface area contributed by atoms with E-state index in [1.165, 1.54) is 17.0 Å². The zero-order valence-corrected chi connectivity index (χ0v) is 34.2. The molecule has 20 nitrogen and oxygen atoms in total. The number of nitrogens with one attached hydrogen (secondary N) is 4. The topological polar surface area (TPSA) is 349 Å². The van der Waals surface area contributed by atoms with E-state index in [4.69, 9.17) is 28.7 Å². The van der Waals surface area contributed by atoms with Gasteiger partial charge in [-0.1, -0.05) is 51.7 Å². The van der Waals surface area contributed by atoms with Gasteiger partial charge in [-0.2, -0.15) is 0 Å². The first-order chi connectivity index (χ1) is 28.0. The van der Waals surface area contributed by atoms with Gasteiger partial charge in [0.2, 0.25) is 29.5 Å². The highest BCUT2D eigenvalue weighted by atomic mass is 16.4. The number of likely N-dealkylation sites (tertiary alicyclic amines) is 1. The van der Waals surface area contributed by atoms with E-state index >= 15 is 0 Å². The summed E-state index contributed by atoms with van der Waals surface area (Å²) in [5.74, 6) is -4.86. The van der Waals surface area contributed by atoms with Gasteiger partial charge in [-0.3, -0.25) is 34.0 Å². The van der Waals surface area contributed by atoms with E-state index in [1.54, 1.807) is 19.1 Å². The van der Waals surface area contributed by atoms with Crippen molar-refractivity contribution in [2.75, 3.05) is 19.6 Å². The molecule has 0 unspecified atom stereocenters. The molecule has 59 heavy (non-hydrogen) atoms. The number of benzene rings is 1. The maximum Gasteiger partial charge on any atom is 0.329 e. The molecule has 3 rings (SSSR count). The van der Waals surface area contributed by atoms with Gasteiger partial charge in [0, 0.05) is 26.1 Å². The first-order valence-electron chi connectivity index (χ1n) is 20.4. The summed E-state index contributed by atoms with van der Waals surface area (Å²) in [6, 6.07) is 0.594. The van der Waals surface area contributed by atoms with Crippen molar-refractivity contribution in [1.82, 2.24) is 26.2 Å². The number of hydrogen-bond donors (Lipinski definition) is 11. The molecule has 1 aliphatic carbocycles. The van der Waals surface area contributed by atoms with Gasteiger partial charge >= 0.3 is 5.97 Å². The number of phenolic OH excluding ortho intramolecular Hbond substituents is 1. The zero-order chi connectivity index (χ0) is 43.7. The molecule has 6 atom stereocenters. The fourth-order valence-corrected chi connectivity index (χ4v) is 7.36. The first kappa shape index (κ1) is 47.7. The first-order valence-corrected chi connectivity index (χ1v) is 20.4. The molecule has 5 amide bonds. The summed E-state index contributed by atoms with van der Waals surface area (Å²) in [6.07, 6.45) is 4.88. The number of hydrogen-bond acceptors (Lipinski definition) is 10. The summed E-state index contributed by atoms with van der Waals surface area (Å²) < 4.78 is 0. The average molecular weight is 829 g/mol. The Bertz CT molecular complexity index is 1660. The van der Waals surface area contributed by atoms with Crippen LogP contribution in [0.15, 0.2) is 34.3 Å². The number of amides is 5. The van der Waals surface area contributed by atoms with Crippen LogP contribution in [0.3, 0.4) is 0 Å². The summed E-state index contributed by atoms with van der Waals surface area (Å²) in [4.78, 5) is 91.1. The summed E-state index contributed by atoms with van der Waals surface area (Å²) in [7, 11) is 0. The van der Waals surface area contributed by atoms with Gasteiger partial charge < -0.3 is 65.0 Å². The fourth-order valence-electron chi connectivity index (χ4n) is 7.36. The SMILES string of the molecule is CC[C@H](C)[C@H](NC(=O)[C@H](Cc1ccc(O)cc1)NC(=O)[C@@H]1CCCN1C(=O)[C@H](CCCN=C(N)N)NC(=O)[C@@H](N)CCCN=C(N)N)C(=O)NC1(C(=O)O)CCCCC1. The highest BCUT2D eigenvalue weighted by Crippen LogP contribution is 2.29. The fraction of sp³-hybridized carbons (Fsp3) is 0.641. The van der Waals surface area contributed by atoms with Crippen LogP contribution < -0.4 is 49.9 Å². The number of nitrogens with two attached hydrogens (primary N) is 5. The molecule has 2 fully saturated rings. The molecule has 2 aliphatic rings. The summed E-state index contributed by atoms with van der Waals surface area (Å²) in [5, 5.41) is 31.1. The van der Waals surface area contributed by atoms with E-state index in [9.17, 15) is 39.0 Å². The Morgan fingerprint density at radius 3 is 2.02 bits per heavy atom. The number of phenols is 1. The maximum absolute atomic E-state index is 14.2. The molecule has 328 valence electrons. The predicted molar refractivity (Wildman–Crippen MR) is 221 cm³/mol. The van der Waals surface area contributed by atoms with Crippen LogP contribution in [-0.2, 0) is 35.2 Å². The van der Waals surface area contributed by atoms with E-state index in [0.29, 0.717) is 44.1 Å². The quantitative estimate of drug-likeness (QED) is 0.0371. The molecule has 16 N–H and O–H groups in total. The van der Waals surface area contributed by atoms with Gasteiger partial charge in [-0.05, 0) is 75.0 Å². The van der Waals surface area contributed by atoms with Crippen molar-refractivity contribution in [2.45, 2.75) is 133 Å². The summed E-state index contributed by atoms with van der Waals surface area (Å²) in [6.45, 7) is 4.24. The normalized spacial score (nSPS) is 18.5. The lowest BCUT2D eigenvalue weighted by atomic mass is 9.81. The lowest BCUT2D eigenvalue weighted by Crippen LogP contribution is -2.63. The largest absolute Gasteiger partial charge is 0.508 e. The number of nitrogens with zero attached hydrogens (tertiary/aromatic N) is 3. The molecule has 1 aromatic rings. The van der Waals surface area contributed by atoms with Crippen LogP contribution in [0.1, 0.15) is 96.5 Å². The minimum Gasteiger partial charge on any atom is -0.508 e. The molecular weight excluding hydrogens is 765 g/mol. The molecule has 0 radical (unpaired) electrons. The van der Waals surface area contributed by atoms with Crippen LogP contribution in [0.4, 0.5) is 0 Å². The van der Waals surface area contributed by atoms with Gasteiger partial charge in [0.25, 0.3) is 0 Å². The van der Waals surface area contributed by atoms with Gasteiger partial charge in [0.05, 0.1) is 6.04 Å². The maximum atomic E-state index is 14.2. The van der Waals surface area contributed by atoms with Crippen molar-refractivity contribution in [3.8, 4) is 5.75 Å². The second-order valence-electron chi connectivity index (χ2n) is 15.5. The zero-order valence-electron chi connectivity index (χ0n) is 34.2. The van der Waals surface area contributed by atoms with Crippen molar-refractivity contribution in [3.05, 3.63) is 29.8 Å². The van der Waals surface area contributed by atoms with E-state index < -0.39 is 77.2 Å². The standard InChI is InChI=1S/C39H64N12O8/c1-3-23(2)30(34(56)50-39(36(58)59)17-5-4-6-18-39)49-32(54)28(22-24-13-15-25(52)16-14-24)48-33(55)29-12-9-21-51(29)35(57)27(11-8-20-46-38(43)44)47-31(53)26(40)10-7-19-45-37(41)42/h13-16,23,26-30,52H,3-12,17-22,40H2,1-2H3,(H,47,53)(H,48,55)(H,49,54)(H,50,56)(H,58,59)(H4,41,42,45)(H4,43,44,46)/t23-,26-,27-,28-,29-,30-/m0/s1. The minimum absolute atomic E-state index is 0.00526. The number of carbonyl (C=O) groups is 6. The molecule has 1 saturated carbocycles. The monoisotopic (exact) mass is 828 g/mol. The van der Waals surface area contributed by atoms with Crippen molar-refractivity contribution >= 4 is 47.4 Å². The van der Waals surface area contributed by atoms with Crippen LogP contribution in [0.25, 0.3) is 0 Å². The summed E-state index contributed by atoms with van der Waals surface area (Å²) in [5.41, 5.74) is 26.9. The van der Waals surface area contributed by atoms with Gasteiger partial charge in [-0.25, -0.2) is 4.79 Å². The Morgan fingerprint density at radius 2 is 1.44 bits per heavy atom.